The van der Waals surface area contributed by atoms with Crippen molar-refractivity contribution in [3.8, 4) is 0 Å². The first-order valence-electron chi connectivity index (χ1n) is 4.38. The number of methoxy groups -OCH3 is 1. The summed E-state index contributed by atoms with van der Waals surface area (Å²) in [6.07, 6.45) is 0.846. The lowest BCUT2D eigenvalue weighted by Gasteiger charge is -1.93. The van der Waals surface area contributed by atoms with Crippen molar-refractivity contribution in [2.75, 3.05) is 20.7 Å². The zero-order valence-electron chi connectivity index (χ0n) is 8.59. The Labute approximate surface area is 87.3 Å². The van der Waals surface area contributed by atoms with E-state index in [-0.39, 0.29) is 5.97 Å². The van der Waals surface area contributed by atoms with Crippen LogP contribution in [0.25, 0.3) is 0 Å². The molecule has 0 aliphatic carbocycles. The number of aryl methyl sites for hydroxylation is 1. The van der Waals surface area contributed by atoms with Crippen molar-refractivity contribution in [1.82, 2.24) is 10.3 Å². The minimum absolute atomic E-state index is 0.296. The van der Waals surface area contributed by atoms with Gasteiger partial charge in [-0.25, -0.2) is 9.78 Å². The van der Waals surface area contributed by atoms with Crippen molar-refractivity contribution in [1.29, 1.82) is 0 Å². The molecular weight excluding hydrogens is 200 g/mol. The fourth-order valence-corrected chi connectivity index (χ4v) is 2.06. The van der Waals surface area contributed by atoms with Crippen LogP contribution >= 0.6 is 11.3 Å². The van der Waals surface area contributed by atoms with E-state index in [4.69, 9.17) is 0 Å². The van der Waals surface area contributed by atoms with Crippen molar-refractivity contribution < 1.29 is 9.53 Å². The SMILES string of the molecule is CNCCc1nc(C)c(C(=O)OC)s1. The van der Waals surface area contributed by atoms with Crippen LogP contribution in [0.2, 0.25) is 0 Å². The molecule has 14 heavy (non-hydrogen) atoms. The average Bonchev–Trinajstić information content (AvgIpc) is 2.55. The first-order chi connectivity index (χ1) is 6.69. The lowest BCUT2D eigenvalue weighted by molar-refractivity contribution is 0.0605. The first-order valence-corrected chi connectivity index (χ1v) is 5.20. The molecule has 1 N–H and O–H groups in total. The highest BCUT2D eigenvalue weighted by molar-refractivity contribution is 7.13. The molecule has 0 spiro atoms. The summed E-state index contributed by atoms with van der Waals surface area (Å²) in [6.45, 7) is 2.69. The molecule has 0 radical (unpaired) electrons. The van der Waals surface area contributed by atoms with Gasteiger partial charge in [-0.05, 0) is 14.0 Å². The van der Waals surface area contributed by atoms with Gasteiger partial charge in [0.05, 0.1) is 17.8 Å². The summed E-state index contributed by atoms with van der Waals surface area (Å²) in [4.78, 5) is 16.2. The Hall–Kier alpha value is -0.940. The standard InChI is InChI=1S/C9H14N2O2S/c1-6-8(9(12)13-3)14-7(11-6)4-5-10-2/h10H,4-5H2,1-3H3. The summed E-state index contributed by atoms with van der Waals surface area (Å²) in [5.41, 5.74) is 0.757. The Kier molecular flexibility index (Phi) is 4.03. The smallest absolute Gasteiger partial charge is 0.349 e. The predicted molar refractivity (Wildman–Crippen MR) is 55.8 cm³/mol. The van der Waals surface area contributed by atoms with Crippen LogP contribution in [0.3, 0.4) is 0 Å². The Morgan fingerprint density at radius 2 is 2.36 bits per heavy atom. The molecule has 0 amide bonds. The van der Waals surface area contributed by atoms with Crippen molar-refractivity contribution >= 4 is 17.3 Å². The Morgan fingerprint density at radius 3 is 2.93 bits per heavy atom. The van der Waals surface area contributed by atoms with Gasteiger partial charge in [0.25, 0.3) is 0 Å². The Morgan fingerprint density at radius 1 is 1.64 bits per heavy atom. The van der Waals surface area contributed by atoms with Crippen LogP contribution in [-0.2, 0) is 11.2 Å². The number of hydrogen-bond donors (Lipinski definition) is 1. The maximum Gasteiger partial charge on any atom is 0.349 e. The van der Waals surface area contributed by atoms with Gasteiger partial charge in [0, 0.05) is 13.0 Å². The van der Waals surface area contributed by atoms with Gasteiger partial charge in [-0.2, -0.15) is 0 Å². The fraction of sp³-hybridized carbons (Fsp3) is 0.556. The molecule has 0 aliphatic heterocycles. The van der Waals surface area contributed by atoms with Gasteiger partial charge >= 0.3 is 5.97 Å². The summed E-state index contributed by atoms with van der Waals surface area (Å²) in [7, 11) is 3.27. The molecule has 0 aromatic carbocycles. The van der Waals surface area contributed by atoms with E-state index in [1.165, 1.54) is 18.4 Å². The minimum atomic E-state index is -0.296. The van der Waals surface area contributed by atoms with Crippen molar-refractivity contribution in [2.45, 2.75) is 13.3 Å². The molecule has 4 nitrogen and oxygen atoms in total. The molecule has 1 aromatic heterocycles. The largest absolute Gasteiger partial charge is 0.465 e. The molecule has 1 rings (SSSR count). The Bertz CT molecular complexity index is 323. The van der Waals surface area contributed by atoms with E-state index in [0.29, 0.717) is 4.88 Å². The summed E-state index contributed by atoms with van der Waals surface area (Å²) >= 11 is 1.41. The van der Waals surface area contributed by atoms with Crippen molar-refractivity contribution in [3.05, 3.63) is 15.6 Å². The van der Waals surface area contributed by atoms with Crippen molar-refractivity contribution in [2.24, 2.45) is 0 Å². The highest BCUT2D eigenvalue weighted by Gasteiger charge is 2.14. The number of likely N-dealkylation sites (N-methyl/N-ethyl adjacent to an activating group) is 1. The summed E-state index contributed by atoms with van der Waals surface area (Å²) in [5, 5.41) is 4.01. The zero-order valence-corrected chi connectivity index (χ0v) is 9.40. The number of nitrogens with one attached hydrogen (secondary N) is 1. The molecule has 0 saturated carbocycles. The van der Waals surface area contributed by atoms with Gasteiger partial charge in [0.2, 0.25) is 0 Å². The van der Waals surface area contributed by atoms with Crippen LogP contribution in [-0.4, -0.2) is 31.7 Å². The van der Waals surface area contributed by atoms with Crippen LogP contribution < -0.4 is 5.32 Å². The third-order valence-electron chi connectivity index (χ3n) is 1.80. The van der Waals surface area contributed by atoms with E-state index in [0.717, 1.165) is 23.7 Å². The lowest BCUT2D eigenvalue weighted by Crippen LogP contribution is -2.09. The molecular formula is C9H14N2O2S. The number of hydrogen-bond acceptors (Lipinski definition) is 5. The van der Waals surface area contributed by atoms with Gasteiger partial charge in [-0.1, -0.05) is 0 Å². The van der Waals surface area contributed by atoms with E-state index < -0.39 is 0 Å². The molecule has 0 aliphatic rings. The molecule has 0 unspecified atom stereocenters. The normalized spacial score (nSPS) is 10.2. The van der Waals surface area contributed by atoms with E-state index >= 15 is 0 Å². The molecule has 0 atom stereocenters. The van der Waals surface area contributed by atoms with Crippen LogP contribution in [0.15, 0.2) is 0 Å². The molecule has 0 bridgehead atoms. The highest BCUT2D eigenvalue weighted by atomic mass is 32.1. The maximum atomic E-state index is 11.3. The van der Waals surface area contributed by atoms with Gasteiger partial charge in [0.1, 0.15) is 4.88 Å². The van der Waals surface area contributed by atoms with E-state index in [9.17, 15) is 4.79 Å². The second-order valence-electron chi connectivity index (χ2n) is 2.87. The third kappa shape index (κ3) is 2.52. The Balaban J connectivity index is 2.77. The number of carbonyl (C=O) groups is 1. The van der Waals surface area contributed by atoms with Gasteiger partial charge in [-0.3, -0.25) is 0 Å². The lowest BCUT2D eigenvalue weighted by atomic mass is 10.4. The van der Waals surface area contributed by atoms with Gasteiger partial charge < -0.3 is 10.1 Å². The van der Waals surface area contributed by atoms with E-state index in [1.54, 1.807) is 0 Å². The zero-order chi connectivity index (χ0) is 10.6. The van der Waals surface area contributed by atoms with E-state index in [2.05, 4.69) is 15.0 Å². The summed E-state index contributed by atoms with van der Waals surface area (Å²) < 4.78 is 4.65. The number of nitrogens with zero attached hydrogens (tertiary/aromatic N) is 1. The van der Waals surface area contributed by atoms with Crippen LogP contribution in [0.5, 0.6) is 0 Å². The molecule has 1 aromatic rings. The second-order valence-corrected chi connectivity index (χ2v) is 3.95. The van der Waals surface area contributed by atoms with Crippen LogP contribution in [0.4, 0.5) is 0 Å². The molecule has 5 heteroatoms. The average molecular weight is 214 g/mol. The topological polar surface area (TPSA) is 51.2 Å². The molecule has 0 fully saturated rings. The molecule has 1 heterocycles. The fourth-order valence-electron chi connectivity index (χ4n) is 1.07. The quantitative estimate of drug-likeness (QED) is 0.760. The number of aromatic nitrogens is 1. The molecule has 0 saturated heterocycles. The van der Waals surface area contributed by atoms with Crippen LogP contribution in [0.1, 0.15) is 20.4 Å². The number of thiazole rings is 1. The predicted octanol–water partition coefficient (Wildman–Crippen LogP) is 1.00. The second kappa shape index (κ2) is 5.07. The van der Waals surface area contributed by atoms with Crippen molar-refractivity contribution in [3.63, 3.8) is 0 Å². The third-order valence-corrected chi connectivity index (χ3v) is 3.00. The van der Waals surface area contributed by atoms with Crippen LogP contribution in [0, 0.1) is 6.92 Å². The monoisotopic (exact) mass is 214 g/mol. The number of esters is 1. The summed E-state index contributed by atoms with van der Waals surface area (Å²) in [5.74, 6) is -0.296. The minimum Gasteiger partial charge on any atom is -0.465 e. The number of carbonyl (C=O) groups excluding carboxylic acids is 1. The van der Waals surface area contributed by atoms with Gasteiger partial charge in [0.15, 0.2) is 0 Å². The molecule has 78 valence electrons. The maximum absolute atomic E-state index is 11.3. The number of ether oxygens (including phenoxy) is 1. The number of rotatable bonds is 4. The van der Waals surface area contributed by atoms with E-state index in [1.807, 2.05) is 14.0 Å². The summed E-state index contributed by atoms with van der Waals surface area (Å²) in [6, 6.07) is 0. The van der Waals surface area contributed by atoms with Gasteiger partial charge in [-0.15, -0.1) is 11.3 Å². The highest BCUT2D eigenvalue weighted by Crippen LogP contribution is 2.18. The first kappa shape index (κ1) is 11.1.